The van der Waals surface area contributed by atoms with Gasteiger partial charge < -0.3 is 15.4 Å². The summed E-state index contributed by atoms with van der Waals surface area (Å²) in [5.41, 5.74) is 3.23. The van der Waals surface area contributed by atoms with E-state index in [-0.39, 0.29) is 18.7 Å². The van der Waals surface area contributed by atoms with Crippen molar-refractivity contribution in [1.82, 2.24) is 0 Å². The van der Waals surface area contributed by atoms with Gasteiger partial charge in [-0.1, -0.05) is 6.07 Å². The second-order valence-corrected chi connectivity index (χ2v) is 6.06. The molecule has 0 aliphatic heterocycles. The molecule has 0 bridgehead atoms. The number of hydrogen-bond donors (Lipinski definition) is 2. The molecular weight excluding hydrogens is 351 g/mol. The summed E-state index contributed by atoms with van der Waals surface area (Å²) in [6.45, 7) is 3.44. The Balaban J connectivity index is 1.69. The van der Waals surface area contributed by atoms with Crippen LogP contribution in [0.1, 0.15) is 24.0 Å². The van der Waals surface area contributed by atoms with E-state index < -0.39 is 24.3 Å². The molecule has 2 aromatic carbocycles. The Hall–Kier alpha value is -3.22. The molecule has 142 valence electrons. The summed E-state index contributed by atoms with van der Waals surface area (Å²) in [6, 6.07) is 10.7. The van der Waals surface area contributed by atoms with E-state index in [1.165, 1.54) is 24.3 Å². The molecule has 0 saturated carbocycles. The van der Waals surface area contributed by atoms with Gasteiger partial charge in [0.2, 0.25) is 5.91 Å². The molecule has 0 spiro atoms. The molecule has 0 radical (unpaired) electrons. The number of nitrogens with one attached hydrogen (secondary N) is 2. The van der Waals surface area contributed by atoms with E-state index in [9.17, 15) is 18.8 Å². The van der Waals surface area contributed by atoms with Gasteiger partial charge in [-0.25, -0.2) is 4.39 Å². The Labute approximate surface area is 156 Å². The number of anilines is 2. The second kappa shape index (κ2) is 9.47. The van der Waals surface area contributed by atoms with E-state index in [1.54, 1.807) is 6.07 Å². The van der Waals surface area contributed by atoms with Gasteiger partial charge in [-0.2, -0.15) is 0 Å². The highest BCUT2D eigenvalue weighted by Crippen LogP contribution is 2.14. The maximum Gasteiger partial charge on any atom is 0.306 e. The predicted molar refractivity (Wildman–Crippen MR) is 99.8 cm³/mol. The van der Waals surface area contributed by atoms with Crippen molar-refractivity contribution in [3.05, 3.63) is 59.4 Å². The molecule has 0 aliphatic rings. The van der Waals surface area contributed by atoms with Crippen LogP contribution in [0, 0.1) is 19.7 Å². The van der Waals surface area contributed by atoms with Crippen molar-refractivity contribution in [3.8, 4) is 0 Å². The average Bonchev–Trinajstić information content (AvgIpc) is 2.63. The summed E-state index contributed by atoms with van der Waals surface area (Å²) in [5.74, 6) is -1.93. The number of rotatable bonds is 7. The lowest BCUT2D eigenvalue weighted by atomic mass is 10.1. The maximum atomic E-state index is 12.8. The summed E-state index contributed by atoms with van der Waals surface area (Å²) >= 11 is 0. The fourth-order valence-electron chi connectivity index (χ4n) is 2.21. The van der Waals surface area contributed by atoms with E-state index in [1.807, 2.05) is 26.0 Å². The third-order valence-electron chi connectivity index (χ3n) is 3.84. The smallest absolute Gasteiger partial charge is 0.306 e. The number of hydrogen-bond acceptors (Lipinski definition) is 4. The first-order chi connectivity index (χ1) is 12.8. The molecule has 0 aliphatic carbocycles. The zero-order valence-corrected chi connectivity index (χ0v) is 15.2. The van der Waals surface area contributed by atoms with Crippen molar-refractivity contribution in [3.63, 3.8) is 0 Å². The topological polar surface area (TPSA) is 84.5 Å². The lowest BCUT2D eigenvalue weighted by molar-refractivity contribution is -0.147. The molecule has 27 heavy (non-hydrogen) atoms. The molecule has 7 heteroatoms. The maximum absolute atomic E-state index is 12.8. The molecule has 2 N–H and O–H groups in total. The zero-order valence-electron chi connectivity index (χ0n) is 15.2. The van der Waals surface area contributed by atoms with Crippen LogP contribution in [0.5, 0.6) is 0 Å². The fraction of sp³-hybridized carbons (Fsp3) is 0.250. The first-order valence-corrected chi connectivity index (χ1v) is 8.41. The summed E-state index contributed by atoms with van der Waals surface area (Å²) in [5, 5.41) is 5.18. The third kappa shape index (κ3) is 6.89. The summed E-state index contributed by atoms with van der Waals surface area (Å²) in [7, 11) is 0. The zero-order chi connectivity index (χ0) is 19.8. The highest BCUT2D eigenvalue weighted by molar-refractivity contribution is 5.94. The van der Waals surface area contributed by atoms with Crippen LogP contribution in [-0.4, -0.2) is 24.4 Å². The average molecular weight is 372 g/mol. The summed E-state index contributed by atoms with van der Waals surface area (Å²) in [4.78, 5) is 35.2. The monoisotopic (exact) mass is 372 g/mol. The van der Waals surface area contributed by atoms with Crippen LogP contribution in [-0.2, 0) is 19.1 Å². The van der Waals surface area contributed by atoms with Gasteiger partial charge >= 0.3 is 5.97 Å². The van der Waals surface area contributed by atoms with E-state index in [4.69, 9.17) is 4.74 Å². The molecule has 0 aromatic heterocycles. The Morgan fingerprint density at radius 3 is 2.15 bits per heavy atom. The number of esters is 1. The molecule has 6 nitrogen and oxygen atoms in total. The number of halogens is 1. The van der Waals surface area contributed by atoms with Crippen LogP contribution in [0.4, 0.5) is 15.8 Å². The largest absolute Gasteiger partial charge is 0.456 e. The molecule has 2 aromatic rings. The van der Waals surface area contributed by atoms with E-state index in [0.717, 1.165) is 11.1 Å². The number of aryl methyl sites for hydroxylation is 2. The highest BCUT2D eigenvalue weighted by Gasteiger charge is 2.11. The van der Waals surface area contributed by atoms with Crippen LogP contribution in [0.2, 0.25) is 0 Å². The normalized spacial score (nSPS) is 10.2. The van der Waals surface area contributed by atoms with E-state index >= 15 is 0 Å². The predicted octanol–water partition coefficient (Wildman–Crippen LogP) is 3.34. The number of ether oxygens (including phenoxy) is 1. The SMILES string of the molecule is Cc1ccc(NC(=O)CCC(=O)OCC(=O)Nc2ccc(F)cc2)cc1C. The van der Waals surface area contributed by atoms with Crippen molar-refractivity contribution in [2.75, 3.05) is 17.2 Å². The summed E-state index contributed by atoms with van der Waals surface area (Å²) < 4.78 is 17.6. The Morgan fingerprint density at radius 1 is 0.852 bits per heavy atom. The van der Waals surface area contributed by atoms with Crippen molar-refractivity contribution < 1.29 is 23.5 Å². The molecular formula is C20H21FN2O4. The van der Waals surface area contributed by atoms with Gasteiger partial charge in [0, 0.05) is 17.8 Å². The van der Waals surface area contributed by atoms with Crippen molar-refractivity contribution >= 4 is 29.2 Å². The Morgan fingerprint density at radius 2 is 1.48 bits per heavy atom. The standard InChI is InChI=1S/C20H21FN2O4/c1-13-3-6-17(11-14(13)2)23-18(24)9-10-20(26)27-12-19(25)22-16-7-4-15(21)5-8-16/h3-8,11H,9-10,12H2,1-2H3,(H,22,25)(H,23,24). The molecule has 0 heterocycles. The number of benzene rings is 2. The first-order valence-electron chi connectivity index (χ1n) is 8.41. The molecule has 0 fully saturated rings. The quantitative estimate of drug-likeness (QED) is 0.730. The van der Waals surface area contributed by atoms with Gasteiger partial charge in [-0.05, 0) is 61.4 Å². The number of carbonyl (C=O) groups is 3. The van der Waals surface area contributed by atoms with Gasteiger partial charge in [0.05, 0.1) is 6.42 Å². The number of carbonyl (C=O) groups excluding carboxylic acids is 3. The van der Waals surface area contributed by atoms with Gasteiger partial charge in [0.1, 0.15) is 5.82 Å². The van der Waals surface area contributed by atoms with Gasteiger partial charge in [0.15, 0.2) is 6.61 Å². The fourth-order valence-corrected chi connectivity index (χ4v) is 2.21. The Bertz CT molecular complexity index is 834. The third-order valence-corrected chi connectivity index (χ3v) is 3.84. The molecule has 0 saturated heterocycles. The number of amides is 2. The van der Waals surface area contributed by atoms with Crippen LogP contribution < -0.4 is 10.6 Å². The van der Waals surface area contributed by atoms with Gasteiger partial charge in [-0.3, -0.25) is 14.4 Å². The first kappa shape index (κ1) is 20.1. The lowest BCUT2D eigenvalue weighted by Crippen LogP contribution is -2.21. The van der Waals surface area contributed by atoms with Crippen LogP contribution in [0.15, 0.2) is 42.5 Å². The van der Waals surface area contributed by atoms with Crippen molar-refractivity contribution in [2.45, 2.75) is 26.7 Å². The van der Waals surface area contributed by atoms with Crippen molar-refractivity contribution in [2.24, 2.45) is 0 Å². The van der Waals surface area contributed by atoms with E-state index in [0.29, 0.717) is 11.4 Å². The Kier molecular flexibility index (Phi) is 7.05. The minimum Gasteiger partial charge on any atom is -0.456 e. The molecule has 0 unspecified atom stereocenters. The van der Waals surface area contributed by atoms with Crippen LogP contribution >= 0.6 is 0 Å². The lowest BCUT2D eigenvalue weighted by Gasteiger charge is -2.08. The molecule has 0 atom stereocenters. The summed E-state index contributed by atoms with van der Waals surface area (Å²) in [6.07, 6.45) is -0.189. The molecule has 2 amide bonds. The highest BCUT2D eigenvalue weighted by atomic mass is 19.1. The van der Waals surface area contributed by atoms with Crippen LogP contribution in [0.3, 0.4) is 0 Å². The minimum atomic E-state index is -0.653. The minimum absolute atomic E-state index is 0.0503. The van der Waals surface area contributed by atoms with Gasteiger partial charge in [-0.15, -0.1) is 0 Å². The van der Waals surface area contributed by atoms with E-state index in [2.05, 4.69) is 10.6 Å². The molecule has 2 rings (SSSR count). The van der Waals surface area contributed by atoms with Crippen molar-refractivity contribution in [1.29, 1.82) is 0 Å². The second-order valence-electron chi connectivity index (χ2n) is 6.06. The van der Waals surface area contributed by atoms with Crippen LogP contribution in [0.25, 0.3) is 0 Å². The van der Waals surface area contributed by atoms with Gasteiger partial charge in [0.25, 0.3) is 5.91 Å².